The lowest BCUT2D eigenvalue weighted by Crippen LogP contribution is -2.46. The van der Waals surface area contributed by atoms with E-state index >= 15 is 0 Å². The predicted molar refractivity (Wildman–Crippen MR) is 102 cm³/mol. The number of piperidine rings is 1. The van der Waals surface area contributed by atoms with E-state index in [0.29, 0.717) is 25.6 Å². The van der Waals surface area contributed by atoms with Crippen molar-refractivity contribution in [2.45, 2.75) is 31.8 Å². The smallest absolute Gasteiger partial charge is 0.227 e. The third-order valence-electron chi connectivity index (χ3n) is 5.30. The van der Waals surface area contributed by atoms with Crippen LogP contribution in [0.4, 0.5) is 0 Å². The van der Waals surface area contributed by atoms with Gasteiger partial charge in [0.15, 0.2) is 0 Å². The molecule has 2 aliphatic heterocycles. The highest BCUT2D eigenvalue weighted by atomic mass is 35.5. The van der Waals surface area contributed by atoms with Crippen LogP contribution >= 0.6 is 12.4 Å². The van der Waals surface area contributed by atoms with Gasteiger partial charge in [-0.15, -0.1) is 12.4 Å². The first-order valence-corrected chi connectivity index (χ1v) is 8.96. The number of rotatable bonds is 5. The molecule has 2 heterocycles. The van der Waals surface area contributed by atoms with E-state index in [2.05, 4.69) is 5.32 Å². The topological polar surface area (TPSA) is 61.9 Å². The highest BCUT2D eigenvalue weighted by Gasteiger charge is 2.37. The molecular weight excluding hydrogens is 354 g/mol. The van der Waals surface area contributed by atoms with E-state index in [4.69, 9.17) is 4.74 Å². The summed E-state index contributed by atoms with van der Waals surface area (Å²) in [6.45, 7) is 2.97. The molecule has 2 amide bonds. The molecule has 1 atom stereocenters. The van der Waals surface area contributed by atoms with Gasteiger partial charge in [-0.2, -0.15) is 0 Å². The molecule has 7 heteroatoms. The van der Waals surface area contributed by atoms with Gasteiger partial charge in [-0.3, -0.25) is 9.59 Å². The lowest BCUT2D eigenvalue weighted by molar-refractivity contribution is -0.137. The number of nitrogens with one attached hydrogen (secondary N) is 1. The first-order valence-electron chi connectivity index (χ1n) is 8.96. The lowest BCUT2D eigenvalue weighted by atomic mass is 10.0. The molecule has 0 spiro atoms. The van der Waals surface area contributed by atoms with Crippen LogP contribution in [0.1, 0.15) is 24.8 Å². The van der Waals surface area contributed by atoms with Gasteiger partial charge in [-0.25, -0.2) is 0 Å². The third kappa shape index (κ3) is 4.68. The summed E-state index contributed by atoms with van der Waals surface area (Å²) in [7, 11) is 3.52. The maximum Gasteiger partial charge on any atom is 0.227 e. The van der Waals surface area contributed by atoms with Crippen LogP contribution in [0.15, 0.2) is 24.3 Å². The van der Waals surface area contributed by atoms with Gasteiger partial charge >= 0.3 is 0 Å². The number of benzene rings is 1. The standard InChI is InChI=1S/C19H27N3O3.ClH/c1-21(16-7-9-20-10-8-16)19(24)15-11-18(23)22(13-15)12-14-3-5-17(25-2)6-4-14;/h3-6,15-16,20H,7-13H2,1-2H3;1H. The molecule has 1 aromatic rings. The molecule has 2 aliphatic rings. The van der Waals surface area contributed by atoms with Crippen molar-refractivity contribution in [3.63, 3.8) is 0 Å². The molecule has 1 aromatic carbocycles. The Hall–Kier alpha value is -1.79. The number of ether oxygens (including phenoxy) is 1. The normalized spacial score (nSPS) is 20.6. The van der Waals surface area contributed by atoms with Gasteiger partial charge in [0.05, 0.1) is 13.0 Å². The SMILES string of the molecule is COc1ccc(CN2CC(C(=O)N(C)C3CCNCC3)CC2=O)cc1.Cl. The summed E-state index contributed by atoms with van der Waals surface area (Å²) in [5, 5.41) is 3.32. The summed E-state index contributed by atoms with van der Waals surface area (Å²) < 4.78 is 5.16. The predicted octanol–water partition coefficient (Wildman–Crippen LogP) is 1.68. The molecule has 2 fully saturated rings. The number of nitrogens with zero attached hydrogens (tertiary/aromatic N) is 2. The zero-order chi connectivity index (χ0) is 17.8. The van der Waals surface area contributed by atoms with Crippen LogP contribution in [-0.2, 0) is 16.1 Å². The number of amides is 2. The van der Waals surface area contributed by atoms with Gasteiger partial charge < -0.3 is 19.9 Å². The Morgan fingerprint density at radius 3 is 2.54 bits per heavy atom. The molecule has 3 rings (SSSR count). The van der Waals surface area contributed by atoms with E-state index in [0.717, 1.165) is 37.2 Å². The Morgan fingerprint density at radius 2 is 1.92 bits per heavy atom. The van der Waals surface area contributed by atoms with Gasteiger partial charge in [0.1, 0.15) is 5.75 Å². The van der Waals surface area contributed by atoms with E-state index in [-0.39, 0.29) is 30.1 Å². The van der Waals surface area contributed by atoms with Crippen LogP contribution in [0, 0.1) is 5.92 Å². The summed E-state index contributed by atoms with van der Waals surface area (Å²) in [4.78, 5) is 28.8. The summed E-state index contributed by atoms with van der Waals surface area (Å²) in [6.07, 6.45) is 2.29. The molecular formula is C19H28ClN3O3. The Balaban J connectivity index is 0.00000243. The molecule has 0 aliphatic carbocycles. The molecule has 6 nitrogen and oxygen atoms in total. The maximum absolute atomic E-state index is 12.8. The number of hydrogen-bond donors (Lipinski definition) is 1. The first-order chi connectivity index (χ1) is 12.1. The van der Waals surface area contributed by atoms with Gasteiger partial charge in [0, 0.05) is 32.6 Å². The molecule has 2 saturated heterocycles. The van der Waals surface area contributed by atoms with E-state index in [1.807, 2.05) is 36.2 Å². The Labute approximate surface area is 161 Å². The summed E-state index contributed by atoms with van der Waals surface area (Å²) in [5.41, 5.74) is 1.05. The van der Waals surface area contributed by atoms with Crippen LogP contribution in [0.2, 0.25) is 0 Å². The molecule has 26 heavy (non-hydrogen) atoms. The second-order valence-electron chi connectivity index (χ2n) is 6.95. The minimum atomic E-state index is -0.217. The van der Waals surface area contributed by atoms with Gasteiger partial charge in [0.2, 0.25) is 11.8 Å². The number of hydrogen-bond acceptors (Lipinski definition) is 4. The highest BCUT2D eigenvalue weighted by molar-refractivity contribution is 5.89. The molecule has 0 aromatic heterocycles. The highest BCUT2D eigenvalue weighted by Crippen LogP contribution is 2.24. The molecule has 1 unspecified atom stereocenters. The fourth-order valence-corrected chi connectivity index (χ4v) is 3.70. The Morgan fingerprint density at radius 1 is 1.27 bits per heavy atom. The van der Waals surface area contributed by atoms with Crippen molar-refractivity contribution in [3.05, 3.63) is 29.8 Å². The number of carbonyl (C=O) groups excluding carboxylic acids is 2. The van der Waals surface area contributed by atoms with Crippen molar-refractivity contribution < 1.29 is 14.3 Å². The van der Waals surface area contributed by atoms with Crippen molar-refractivity contribution in [2.24, 2.45) is 5.92 Å². The van der Waals surface area contributed by atoms with Gasteiger partial charge in [0.25, 0.3) is 0 Å². The second-order valence-corrected chi connectivity index (χ2v) is 6.95. The molecule has 0 radical (unpaired) electrons. The van der Waals surface area contributed by atoms with E-state index in [1.165, 1.54) is 0 Å². The quantitative estimate of drug-likeness (QED) is 0.842. The Kier molecular flexibility index (Phi) is 7.29. The minimum Gasteiger partial charge on any atom is -0.497 e. The number of halogens is 1. The van der Waals surface area contributed by atoms with Crippen LogP contribution in [0.25, 0.3) is 0 Å². The Bertz CT molecular complexity index is 617. The fraction of sp³-hybridized carbons (Fsp3) is 0.579. The number of carbonyl (C=O) groups is 2. The minimum absolute atomic E-state index is 0. The molecule has 0 saturated carbocycles. The van der Waals surface area contributed by atoms with Crippen LogP contribution in [0.3, 0.4) is 0 Å². The van der Waals surface area contributed by atoms with Crippen molar-refractivity contribution in [2.75, 3.05) is 33.8 Å². The third-order valence-corrected chi connectivity index (χ3v) is 5.30. The lowest BCUT2D eigenvalue weighted by Gasteiger charge is -2.33. The number of likely N-dealkylation sites (tertiary alicyclic amines) is 1. The van der Waals surface area contributed by atoms with Crippen molar-refractivity contribution in [1.82, 2.24) is 15.1 Å². The second kappa shape index (κ2) is 9.24. The average molecular weight is 382 g/mol. The van der Waals surface area contributed by atoms with E-state index in [9.17, 15) is 9.59 Å². The van der Waals surface area contributed by atoms with Crippen LogP contribution in [-0.4, -0.2) is 61.4 Å². The van der Waals surface area contributed by atoms with Crippen LogP contribution in [0.5, 0.6) is 5.75 Å². The number of methoxy groups -OCH3 is 1. The fourth-order valence-electron chi connectivity index (χ4n) is 3.70. The zero-order valence-corrected chi connectivity index (χ0v) is 16.3. The van der Waals surface area contributed by atoms with Crippen molar-refractivity contribution >= 4 is 24.2 Å². The molecule has 0 bridgehead atoms. The average Bonchev–Trinajstić information content (AvgIpc) is 3.02. The zero-order valence-electron chi connectivity index (χ0n) is 15.4. The monoisotopic (exact) mass is 381 g/mol. The first kappa shape index (κ1) is 20.5. The summed E-state index contributed by atoms with van der Waals surface area (Å²) in [5.74, 6) is 0.754. The summed E-state index contributed by atoms with van der Waals surface area (Å²) >= 11 is 0. The van der Waals surface area contributed by atoms with Gasteiger partial charge in [-0.1, -0.05) is 12.1 Å². The molecule has 1 N–H and O–H groups in total. The molecule has 144 valence electrons. The van der Waals surface area contributed by atoms with E-state index in [1.54, 1.807) is 12.0 Å². The van der Waals surface area contributed by atoms with Crippen molar-refractivity contribution in [3.8, 4) is 5.75 Å². The summed E-state index contributed by atoms with van der Waals surface area (Å²) in [6, 6.07) is 8.00. The van der Waals surface area contributed by atoms with Gasteiger partial charge in [-0.05, 0) is 43.6 Å². The largest absolute Gasteiger partial charge is 0.497 e. The van der Waals surface area contributed by atoms with Crippen molar-refractivity contribution in [1.29, 1.82) is 0 Å². The van der Waals surface area contributed by atoms with Crippen LogP contribution < -0.4 is 10.1 Å². The maximum atomic E-state index is 12.8. The van der Waals surface area contributed by atoms with E-state index < -0.39 is 0 Å².